The minimum Gasteiger partial charge on any atom is -0.504 e. The Morgan fingerprint density at radius 2 is 2.11 bits per heavy atom. The van der Waals surface area contributed by atoms with Crippen LogP contribution < -0.4 is 10.3 Å². The SMILES string of the molecule is CCOc1cc(CN2CCc3c(nc(-c4cncnc4)[nH]c3=O)C2)ccc1O. The largest absolute Gasteiger partial charge is 0.504 e. The molecular weight excluding hydrogens is 358 g/mol. The molecule has 8 nitrogen and oxygen atoms in total. The third kappa shape index (κ3) is 3.72. The lowest BCUT2D eigenvalue weighted by molar-refractivity contribution is 0.239. The number of phenols is 1. The van der Waals surface area contributed by atoms with Crippen molar-refractivity contribution in [2.45, 2.75) is 26.4 Å². The summed E-state index contributed by atoms with van der Waals surface area (Å²) < 4.78 is 5.47. The molecule has 144 valence electrons. The smallest absolute Gasteiger partial charge is 0.254 e. The zero-order chi connectivity index (χ0) is 19.5. The van der Waals surface area contributed by atoms with Crippen molar-refractivity contribution in [2.24, 2.45) is 0 Å². The van der Waals surface area contributed by atoms with E-state index in [0.29, 0.717) is 43.3 Å². The summed E-state index contributed by atoms with van der Waals surface area (Å²) in [4.78, 5) is 30.2. The van der Waals surface area contributed by atoms with Crippen molar-refractivity contribution >= 4 is 0 Å². The molecule has 0 spiro atoms. The van der Waals surface area contributed by atoms with E-state index in [1.54, 1.807) is 18.5 Å². The minimum absolute atomic E-state index is 0.105. The van der Waals surface area contributed by atoms with Crippen LogP contribution in [0.3, 0.4) is 0 Å². The summed E-state index contributed by atoms with van der Waals surface area (Å²) in [6.07, 6.45) is 5.34. The van der Waals surface area contributed by atoms with Crippen LogP contribution in [0.5, 0.6) is 11.5 Å². The quantitative estimate of drug-likeness (QED) is 0.697. The van der Waals surface area contributed by atoms with Gasteiger partial charge in [0, 0.05) is 37.6 Å². The molecule has 1 aromatic carbocycles. The fourth-order valence-electron chi connectivity index (χ4n) is 3.37. The van der Waals surface area contributed by atoms with E-state index < -0.39 is 0 Å². The van der Waals surface area contributed by atoms with Gasteiger partial charge in [0.25, 0.3) is 5.56 Å². The van der Waals surface area contributed by atoms with Crippen molar-refractivity contribution in [1.82, 2.24) is 24.8 Å². The zero-order valence-electron chi connectivity index (χ0n) is 15.6. The highest BCUT2D eigenvalue weighted by Crippen LogP contribution is 2.28. The van der Waals surface area contributed by atoms with Crippen LogP contribution in [0.1, 0.15) is 23.7 Å². The van der Waals surface area contributed by atoms with Gasteiger partial charge in [-0.3, -0.25) is 9.69 Å². The van der Waals surface area contributed by atoms with Gasteiger partial charge in [-0.05, 0) is 31.0 Å². The fraction of sp³-hybridized carbons (Fsp3) is 0.300. The molecule has 8 heteroatoms. The Balaban J connectivity index is 1.57. The fourth-order valence-corrected chi connectivity index (χ4v) is 3.37. The molecule has 2 N–H and O–H groups in total. The number of nitrogens with one attached hydrogen (secondary N) is 1. The number of nitrogens with zero attached hydrogens (tertiary/aromatic N) is 4. The molecule has 0 amide bonds. The van der Waals surface area contributed by atoms with Gasteiger partial charge in [0.05, 0.1) is 17.9 Å². The normalized spacial score (nSPS) is 13.9. The summed E-state index contributed by atoms with van der Waals surface area (Å²) in [5.74, 6) is 1.10. The van der Waals surface area contributed by atoms with E-state index in [9.17, 15) is 9.90 Å². The molecule has 1 aliphatic heterocycles. The lowest BCUT2D eigenvalue weighted by Crippen LogP contribution is -2.35. The highest BCUT2D eigenvalue weighted by Gasteiger charge is 2.22. The summed E-state index contributed by atoms with van der Waals surface area (Å²) in [7, 11) is 0. The molecule has 0 unspecified atom stereocenters. The van der Waals surface area contributed by atoms with E-state index in [1.165, 1.54) is 6.33 Å². The number of fused-ring (bicyclic) bond motifs is 1. The van der Waals surface area contributed by atoms with Crippen molar-refractivity contribution in [3.63, 3.8) is 0 Å². The Morgan fingerprint density at radius 3 is 2.89 bits per heavy atom. The molecule has 28 heavy (non-hydrogen) atoms. The standard InChI is InChI=1S/C20H21N5O3/c1-2-28-18-7-13(3-4-17(18)26)10-25-6-5-15-16(11-25)23-19(24-20(15)27)14-8-21-12-22-9-14/h3-4,7-9,12,26H,2,5-6,10-11H2,1H3,(H,23,24,27). The summed E-state index contributed by atoms with van der Waals surface area (Å²) >= 11 is 0. The second-order valence-corrected chi connectivity index (χ2v) is 6.66. The predicted octanol–water partition coefficient (Wildman–Crippen LogP) is 1.89. The molecular formula is C20H21N5O3. The molecule has 3 heterocycles. The lowest BCUT2D eigenvalue weighted by Gasteiger charge is -2.27. The predicted molar refractivity (Wildman–Crippen MR) is 103 cm³/mol. The molecule has 4 rings (SSSR count). The molecule has 0 saturated carbocycles. The van der Waals surface area contributed by atoms with Crippen LogP contribution in [-0.2, 0) is 19.5 Å². The van der Waals surface area contributed by atoms with Crippen molar-refractivity contribution in [3.8, 4) is 22.9 Å². The molecule has 0 aliphatic carbocycles. The highest BCUT2D eigenvalue weighted by molar-refractivity contribution is 5.52. The van der Waals surface area contributed by atoms with Crippen LogP contribution in [0.4, 0.5) is 0 Å². The highest BCUT2D eigenvalue weighted by atomic mass is 16.5. The first-order valence-corrected chi connectivity index (χ1v) is 9.18. The van der Waals surface area contributed by atoms with Crippen molar-refractivity contribution in [2.75, 3.05) is 13.2 Å². The minimum atomic E-state index is -0.105. The van der Waals surface area contributed by atoms with Crippen molar-refractivity contribution in [3.05, 3.63) is 64.1 Å². The van der Waals surface area contributed by atoms with Gasteiger partial charge in [-0.1, -0.05) is 6.07 Å². The maximum Gasteiger partial charge on any atom is 0.254 e. The van der Waals surface area contributed by atoms with Gasteiger partial charge in [-0.2, -0.15) is 0 Å². The zero-order valence-corrected chi connectivity index (χ0v) is 15.6. The third-order valence-corrected chi connectivity index (χ3v) is 4.72. The molecule has 0 radical (unpaired) electrons. The lowest BCUT2D eigenvalue weighted by atomic mass is 10.0. The Morgan fingerprint density at radius 1 is 1.29 bits per heavy atom. The van der Waals surface area contributed by atoms with Gasteiger partial charge in [-0.25, -0.2) is 15.0 Å². The Labute approximate surface area is 161 Å². The van der Waals surface area contributed by atoms with Gasteiger partial charge < -0.3 is 14.8 Å². The van der Waals surface area contributed by atoms with Crippen LogP contribution in [0.15, 0.2) is 41.7 Å². The first kappa shape index (κ1) is 18.1. The van der Waals surface area contributed by atoms with E-state index in [2.05, 4.69) is 24.8 Å². The number of hydrogen-bond donors (Lipinski definition) is 2. The molecule has 0 fully saturated rings. The third-order valence-electron chi connectivity index (χ3n) is 4.72. The van der Waals surface area contributed by atoms with Crippen LogP contribution in [0, 0.1) is 0 Å². The van der Waals surface area contributed by atoms with Crippen LogP contribution in [-0.4, -0.2) is 43.1 Å². The number of phenolic OH excluding ortho intramolecular Hbond substituents is 1. The second-order valence-electron chi connectivity index (χ2n) is 6.66. The number of benzene rings is 1. The average molecular weight is 379 g/mol. The maximum atomic E-state index is 12.5. The summed E-state index contributed by atoms with van der Waals surface area (Å²) in [5, 5.41) is 9.87. The number of ether oxygens (including phenoxy) is 1. The number of aromatic hydroxyl groups is 1. The van der Waals surface area contributed by atoms with E-state index >= 15 is 0 Å². The topological polar surface area (TPSA) is 104 Å². The summed E-state index contributed by atoms with van der Waals surface area (Å²) in [6, 6.07) is 5.38. The van der Waals surface area contributed by atoms with Gasteiger partial charge in [0.2, 0.25) is 0 Å². The monoisotopic (exact) mass is 379 g/mol. The van der Waals surface area contributed by atoms with Gasteiger partial charge in [0.1, 0.15) is 12.2 Å². The first-order chi connectivity index (χ1) is 13.6. The Bertz CT molecular complexity index is 1040. The van der Waals surface area contributed by atoms with Gasteiger partial charge in [-0.15, -0.1) is 0 Å². The van der Waals surface area contributed by atoms with Gasteiger partial charge in [0.15, 0.2) is 11.5 Å². The van der Waals surface area contributed by atoms with Crippen molar-refractivity contribution < 1.29 is 9.84 Å². The maximum absolute atomic E-state index is 12.5. The van der Waals surface area contributed by atoms with Crippen LogP contribution >= 0.6 is 0 Å². The first-order valence-electron chi connectivity index (χ1n) is 9.18. The van der Waals surface area contributed by atoms with Crippen LogP contribution in [0.25, 0.3) is 11.4 Å². The number of hydrogen-bond acceptors (Lipinski definition) is 7. The number of aromatic amines is 1. The van der Waals surface area contributed by atoms with Crippen molar-refractivity contribution in [1.29, 1.82) is 0 Å². The number of aromatic nitrogens is 4. The van der Waals surface area contributed by atoms with E-state index in [-0.39, 0.29) is 11.3 Å². The van der Waals surface area contributed by atoms with Crippen LogP contribution in [0.2, 0.25) is 0 Å². The number of H-pyrrole nitrogens is 1. The second kappa shape index (κ2) is 7.77. The molecule has 3 aromatic rings. The van der Waals surface area contributed by atoms with E-state index in [4.69, 9.17) is 4.74 Å². The summed E-state index contributed by atoms with van der Waals surface area (Å²) in [6.45, 7) is 4.39. The summed E-state index contributed by atoms with van der Waals surface area (Å²) in [5.41, 5.74) is 3.12. The molecule has 1 aliphatic rings. The molecule has 0 atom stereocenters. The van der Waals surface area contributed by atoms with Gasteiger partial charge >= 0.3 is 0 Å². The Hall–Kier alpha value is -3.26. The average Bonchev–Trinajstić information content (AvgIpc) is 2.71. The molecule has 0 saturated heterocycles. The Kier molecular flexibility index (Phi) is 5.03. The van der Waals surface area contributed by atoms with E-state index in [1.807, 2.05) is 19.1 Å². The molecule has 0 bridgehead atoms. The molecule has 2 aromatic heterocycles. The number of rotatable bonds is 5. The van der Waals surface area contributed by atoms with E-state index in [0.717, 1.165) is 23.4 Å².